The van der Waals surface area contributed by atoms with Crippen LogP contribution in [0.1, 0.15) is 25.7 Å². The predicted octanol–water partition coefficient (Wildman–Crippen LogP) is 2.58. The summed E-state index contributed by atoms with van der Waals surface area (Å²) >= 11 is 5.80. The molecular formula is C11H13ClN4O. The Hall–Kier alpha value is -1.36. The highest BCUT2D eigenvalue weighted by atomic mass is 35.5. The summed E-state index contributed by atoms with van der Waals surface area (Å²) < 4.78 is 5.66. The van der Waals surface area contributed by atoms with Gasteiger partial charge in [-0.2, -0.15) is 9.97 Å². The van der Waals surface area contributed by atoms with Gasteiger partial charge in [-0.05, 0) is 23.9 Å². The van der Waals surface area contributed by atoms with Crippen molar-refractivity contribution in [3.8, 4) is 5.88 Å². The first-order valence-electron chi connectivity index (χ1n) is 5.82. The molecule has 1 saturated carbocycles. The Morgan fingerprint density at radius 1 is 1.41 bits per heavy atom. The van der Waals surface area contributed by atoms with Crippen molar-refractivity contribution < 1.29 is 4.74 Å². The van der Waals surface area contributed by atoms with Crippen LogP contribution in [0.2, 0.25) is 5.28 Å². The number of rotatable bonds is 4. The zero-order chi connectivity index (χ0) is 11.7. The number of imidazole rings is 1. The first-order valence-corrected chi connectivity index (χ1v) is 6.20. The van der Waals surface area contributed by atoms with E-state index in [2.05, 4.69) is 19.9 Å². The Balaban J connectivity index is 1.72. The van der Waals surface area contributed by atoms with E-state index in [1.54, 1.807) is 6.33 Å². The zero-order valence-electron chi connectivity index (χ0n) is 9.32. The van der Waals surface area contributed by atoms with Crippen molar-refractivity contribution >= 4 is 22.8 Å². The van der Waals surface area contributed by atoms with Gasteiger partial charge in [0.25, 0.3) is 0 Å². The van der Waals surface area contributed by atoms with Gasteiger partial charge in [-0.25, -0.2) is 4.98 Å². The molecule has 2 aromatic rings. The van der Waals surface area contributed by atoms with E-state index in [4.69, 9.17) is 16.3 Å². The second-order valence-corrected chi connectivity index (χ2v) is 4.67. The normalized spacial score (nSPS) is 16.1. The van der Waals surface area contributed by atoms with Crippen molar-refractivity contribution in [2.24, 2.45) is 5.92 Å². The third kappa shape index (κ3) is 2.20. The second-order valence-electron chi connectivity index (χ2n) is 4.33. The number of aromatic nitrogens is 4. The lowest BCUT2D eigenvalue weighted by atomic mass is 9.83. The molecule has 1 aliphatic rings. The van der Waals surface area contributed by atoms with Gasteiger partial charge in [0.15, 0.2) is 5.65 Å². The van der Waals surface area contributed by atoms with E-state index in [1.807, 2.05) is 0 Å². The summed E-state index contributed by atoms with van der Waals surface area (Å²) in [5.74, 6) is 1.32. The summed E-state index contributed by atoms with van der Waals surface area (Å²) in [5.41, 5.74) is 1.26. The first kappa shape index (κ1) is 10.8. The van der Waals surface area contributed by atoms with Gasteiger partial charge in [0.2, 0.25) is 11.2 Å². The average Bonchev–Trinajstić information content (AvgIpc) is 2.69. The minimum Gasteiger partial charge on any atom is -0.476 e. The van der Waals surface area contributed by atoms with E-state index < -0.39 is 0 Å². The molecule has 6 heteroatoms. The molecule has 0 atom stereocenters. The van der Waals surface area contributed by atoms with Crippen LogP contribution in [0.5, 0.6) is 5.88 Å². The van der Waals surface area contributed by atoms with Crippen LogP contribution in [-0.2, 0) is 0 Å². The molecule has 3 rings (SSSR count). The zero-order valence-corrected chi connectivity index (χ0v) is 10.1. The maximum atomic E-state index is 5.80. The maximum absolute atomic E-state index is 5.80. The molecule has 0 aromatic carbocycles. The van der Waals surface area contributed by atoms with Crippen molar-refractivity contribution in [1.82, 2.24) is 19.9 Å². The monoisotopic (exact) mass is 252 g/mol. The lowest BCUT2D eigenvalue weighted by Gasteiger charge is -2.24. The topological polar surface area (TPSA) is 63.7 Å². The number of nitrogens with one attached hydrogen (secondary N) is 1. The molecule has 0 bridgehead atoms. The van der Waals surface area contributed by atoms with E-state index in [0.29, 0.717) is 23.7 Å². The van der Waals surface area contributed by atoms with Crippen LogP contribution in [0.15, 0.2) is 6.33 Å². The minimum atomic E-state index is 0.170. The van der Waals surface area contributed by atoms with Gasteiger partial charge in [0, 0.05) is 0 Å². The molecule has 0 spiro atoms. The second kappa shape index (κ2) is 4.49. The maximum Gasteiger partial charge on any atom is 0.244 e. The highest BCUT2D eigenvalue weighted by Gasteiger charge is 2.17. The molecule has 2 aromatic heterocycles. The smallest absolute Gasteiger partial charge is 0.244 e. The number of H-pyrrole nitrogens is 1. The fraction of sp³-hybridized carbons (Fsp3) is 0.545. The molecular weight excluding hydrogens is 240 g/mol. The van der Waals surface area contributed by atoms with Gasteiger partial charge >= 0.3 is 0 Å². The Morgan fingerprint density at radius 3 is 3.06 bits per heavy atom. The number of ether oxygens (including phenoxy) is 1. The fourth-order valence-electron chi connectivity index (χ4n) is 1.99. The molecule has 1 N–H and O–H groups in total. The number of halogens is 1. The van der Waals surface area contributed by atoms with Gasteiger partial charge in [0.1, 0.15) is 5.52 Å². The number of hydrogen-bond donors (Lipinski definition) is 1. The predicted molar refractivity (Wildman–Crippen MR) is 64.1 cm³/mol. The van der Waals surface area contributed by atoms with E-state index in [-0.39, 0.29) is 5.28 Å². The lowest BCUT2D eigenvalue weighted by Crippen LogP contribution is -2.14. The third-order valence-corrected chi connectivity index (χ3v) is 3.38. The number of aromatic amines is 1. The quantitative estimate of drug-likeness (QED) is 0.850. The molecule has 1 aliphatic carbocycles. The van der Waals surface area contributed by atoms with Crippen LogP contribution in [0.3, 0.4) is 0 Å². The Labute approximate surface area is 104 Å². The Kier molecular flexibility index (Phi) is 2.84. The van der Waals surface area contributed by atoms with E-state index in [9.17, 15) is 0 Å². The fourth-order valence-corrected chi connectivity index (χ4v) is 2.15. The largest absolute Gasteiger partial charge is 0.476 e. The molecule has 5 nitrogen and oxygen atoms in total. The van der Waals surface area contributed by atoms with Gasteiger partial charge in [-0.1, -0.05) is 19.3 Å². The van der Waals surface area contributed by atoms with Crippen LogP contribution in [0.4, 0.5) is 0 Å². The molecule has 2 heterocycles. The van der Waals surface area contributed by atoms with Gasteiger partial charge in [-0.15, -0.1) is 0 Å². The Bertz CT molecular complexity index is 523. The summed E-state index contributed by atoms with van der Waals surface area (Å²) in [5, 5.41) is 0.170. The van der Waals surface area contributed by atoms with Crippen molar-refractivity contribution in [3.63, 3.8) is 0 Å². The van der Waals surface area contributed by atoms with Gasteiger partial charge < -0.3 is 9.72 Å². The summed E-state index contributed by atoms with van der Waals surface area (Å²) in [6.45, 7) is 0.673. The molecule has 17 heavy (non-hydrogen) atoms. The minimum absolute atomic E-state index is 0.170. The summed E-state index contributed by atoms with van der Waals surface area (Å²) in [4.78, 5) is 15.1. The van der Waals surface area contributed by atoms with Gasteiger partial charge in [-0.3, -0.25) is 0 Å². The SMILES string of the molecule is Clc1nc(OCCC2CCC2)c2[nH]cnc2n1. The van der Waals surface area contributed by atoms with Crippen molar-refractivity contribution in [2.45, 2.75) is 25.7 Å². The average molecular weight is 253 g/mol. The third-order valence-electron chi connectivity index (χ3n) is 3.21. The molecule has 0 unspecified atom stereocenters. The van der Waals surface area contributed by atoms with Crippen LogP contribution in [-0.4, -0.2) is 26.5 Å². The summed E-state index contributed by atoms with van der Waals surface area (Å²) in [6.07, 6.45) is 6.65. The first-order chi connectivity index (χ1) is 8.33. The lowest BCUT2D eigenvalue weighted by molar-refractivity contribution is 0.218. The van der Waals surface area contributed by atoms with Crippen LogP contribution in [0.25, 0.3) is 11.2 Å². The molecule has 90 valence electrons. The Morgan fingerprint density at radius 2 is 2.29 bits per heavy atom. The number of fused-ring (bicyclic) bond motifs is 1. The highest BCUT2D eigenvalue weighted by molar-refractivity contribution is 6.28. The van der Waals surface area contributed by atoms with E-state index in [1.165, 1.54) is 19.3 Å². The summed E-state index contributed by atoms with van der Waals surface area (Å²) in [7, 11) is 0. The molecule has 0 aliphatic heterocycles. The van der Waals surface area contributed by atoms with Crippen LogP contribution in [0, 0.1) is 5.92 Å². The van der Waals surface area contributed by atoms with E-state index in [0.717, 1.165) is 12.3 Å². The van der Waals surface area contributed by atoms with Crippen molar-refractivity contribution in [3.05, 3.63) is 11.6 Å². The molecule has 0 saturated heterocycles. The van der Waals surface area contributed by atoms with Crippen molar-refractivity contribution in [1.29, 1.82) is 0 Å². The molecule has 0 amide bonds. The molecule has 0 radical (unpaired) electrons. The number of nitrogens with zero attached hydrogens (tertiary/aromatic N) is 3. The van der Waals surface area contributed by atoms with Gasteiger partial charge in [0.05, 0.1) is 12.9 Å². The van der Waals surface area contributed by atoms with Crippen molar-refractivity contribution in [2.75, 3.05) is 6.61 Å². The highest BCUT2D eigenvalue weighted by Crippen LogP contribution is 2.29. The molecule has 1 fully saturated rings. The standard InChI is InChI=1S/C11H13ClN4O/c12-11-15-9-8(13-6-14-9)10(16-11)17-5-4-7-2-1-3-7/h6-7H,1-5H2,(H,13,14,15,16). The van der Waals surface area contributed by atoms with Crippen LogP contribution < -0.4 is 4.74 Å². The van der Waals surface area contributed by atoms with E-state index >= 15 is 0 Å². The number of hydrogen-bond acceptors (Lipinski definition) is 4. The summed E-state index contributed by atoms with van der Waals surface area (Å²) in [6, 6.07) is 0. The van der Waals surface area contributed by atoms with Crippen LogP contribution >= 0.6 is 11.6 Å².